The van der Waals surface area contributed by atoms with Crippen LogP contribution in [0, 0.1) is 12.3 Å². The molecule has 0 aromatic carbocycles. The molecule has 0 unspecified atom stereocenters. The van der Waals surface area contributed by atoms with Crippen molar-refractivity contribution in [2.45, 2.75) is 13.0 Å². The molecule has 0 spiro atoms. The topological polar surface area (TPSA) is 20.3 Å². The van der Waals surface area contributed by atoms with Crippen LogP contribution in [-0.2, 0) is 17.8 Å². The summed E-state index contributed by atoms with van der Waals surface area (Å²) < 4.78 is 0. The third-order valence-corrected chi connectivity index (χ3v) is 3.24. The van der Waals surface area contributed by atoms with Gasteiger partial charge in [-0.15, -0.1) is 17.8 Å². The Morgan fingerprint density at radius 3 is 3.31 bits per heavy atom. The molecule has 0 saturated heterocycles. The van der Waals surface area contributed by atoms with Gasteiger partial charge in [-0.3, -0.25) is 4.79 Å². The first-order valence-electron chi connectivity index (χ1n) is 4.12. The van der Waals surface area contributed by atoms with Crippen molar-refractivity contribution in [3.8, 4) is 12.3 Å². The van der Waals surface area contributed by atoms with Crippen molar-refractivity contribution in [2.75, 3.05) is 6.54 Å². The van der Waals surface area contributed by atoms with Crippen LogP contribution in [0.2, 0.25) is 0 Å². The lowest BCUT2D eigenvalue weighted by molar-refractivity contribution is -0.125. The van der Waals surface area contributed by atoms with Gasteiger partial charge >= 0.3 is 0 Å². The van der Waals surface area contributed by atoms with E-state index < -0.39 is 0 Å². The molecule has 0 saturated carbocycles. The van der Waals surface area contributed by atoms with Gasteiger partial charge in [0.2, 0.25) is 0 Å². The van der Waals surface area contributed by atoms with E-state index in [0.29, 0.717) is 6.54 Å². The molecule has 13 heavy (non-hydrogen) atoms. The second kappa shape index (κ2) is 3.23. The average molecular weight is 191 g/mol. The first kappa shape index (κ1) is 8.33. The number of fused-ring (bicyclic) bond motifs is 1. The van der Waals surface area contributed by atoms with Gasteiger partial charge in [0, 0.05) is 18.0 Å². The number of terminal acetylenes is 1. The van der Waals surface area contributed by atoms with Gasteiger partial charge in [-0.1, -0.05) is 0 Å². The number of rotatable bonds is 0. The van der Waals surface area contributed by atoms with Crippen LogP contribution in [0.25, 0.3) is 0 Å². The molecule has 2 heterocycles. The predicted octanol–water partition coefficient (Wildman–Crippen LogP) is 1.27. The lowest BCUT2D eigenvalue weighted by Gasteiger charge is -2.24. The molecule has 1 aromatic heterocycles. The Bertz CT molecular complexity index is 375. The Labute approximate surface area is 81.2 Å². The molecule has 1 amide bonds. The van der Waals surface area contributed by atoms with Crippen molar-refractivity contribution in [1.82, 2.24) is 4.90 Å². The summed E-state index contributed by atoms with van der Waals surface area (Å²) in [5.74, 6) is 1.95. The molecule has 1 aromatic rings. The summed E-state index contributed by atoms with van der Waals surface area (Å²) in [5.41, 5.74) is 1.25. The first-order chi connectivity index (χ1) is 6.31. The van der Waals surface area contributed by atoms with Crippen LogP contribution < -0.4 is 0 Å². The highest BCUT2D eigenvalue weighted by molar-refractivity contribution is 7.10. The van der Waals surface area contributed by atoms with Gasteiger partial charge in [-0.25, -0.2) is 0 Å². The summed E-state index contributed by atoms with van der Waals surface area (Å²) in [5, 5.41) is 2.06. The van der Waals surface area contributed by atoms with E-state index in [9.17, 15) is 4.79 Å². The Morgan fingerprint density at radius 1 is 1.69 bits per heavy atom. The monoisotopic (exact) mass is 191 g/mol. The van der Waals surface area contributed by atoms with Crippen LogP contribution in [-0.4, -0.2) is 17.4 Å². The third-order valence-electron chi connectivity index (χ3n) is 2.22. The average Bonchev–Trinajstić information content (AvgIpc) is 2.63. The highest BCUT2D eigenvalue weighted by Crippen LogP contribution is 2.23. The summed E-state index contributed by atoms with van der Waals surface area (Å²) in [6.07, 6.45) is 6.00. The molecule has 0 N–H and O–H groups in total. The Morgan fingerprint density at radius 2 is 2.54 bits per heavy atom. The van der Waals surface area contributed by atoms with Crippen LogP contribution in [0.5, 0.6) is 0 Å². The third kappa shape index (κ3) is 1.45. The van der Waals surface area contributed by atoms with Crippen molar-refractivity contribution in [1.29, 1.82) is 0 Å². The van der Waals surface area contributed by atoms with Crippen LogP contribution in [0.4, 0.5) is 0 Å². The summed E-state index contributed by atoms with van der Waals surface area (Å²) in [6, 6.07) is 2.07. The zero-order valence-electron chi connectivity index (χ0n) is 7.12. The Hall–Kier alpha value is -1.27. The van der Waals surface area contributed by atoms with E-state index in [4.69, 9.17) is 6.42 Å². The number of hydrogen-bond donors (Lipinski definition) is 0. The molecule has 1 aliphatic heterocycles. The largest absolute Gasteiger partial charge is 0.327 e. The van der Waals surface area contributed by atoms with E-state index in [1.54, 1.807) is 16.2 Å². The molecule has 3 heteroatoms. The second-order valence-electron chi connectivity index (χ2n) is 2.99. The molecule has 2 nitrogen and oxygen atoms in total. The smallest absolute Gasteiger partial charge is 0.298 e. The molecule has 66 valence electrons. The van der Waals surface area contributed by atoms with Crippen molar-refractivity contribution in [2.24, 2.45) is 0 Å². The lowest BCUT2D eigenvalue weighted by atomic mass is 10.1. The minimum absolute atomic E-state index is 0.197. The van der Waals surface area contributed by atoms with Gasteiger partial charge in [0.25, 0.3) is 5.91 Å². The van der Waals surface area contributed by atoms with Gasteiger partial charge < -0.3 is 4.90 Å². The SMILES string of the molecule is C#CC(=O)N1CCc2sccc2C1. The van der Waals surface area contributed by atoms with Crippen LogP contribution in [0.1, 0.15) is 10.4 Å². The minimum atomic E-state index is -0.197. The molecule has 0 bridgehead atoms. The first-order valence-corrected chi connectivity index (χ1v) is 5.00. The van der Waals surface area contributed by atoms with E-state index in [0.717, 1.165) is 13.0 Å². The zero-order chi connectivity index (χ0) is 9.26. The van der Waals surface area contributed by atoms with Crippen molar-refractivity contribution < 1.29 is 4.79 Å². The Kier molecular flexibility index (Phi) is 2.07. The summed E-state index contributed by atoms with van der Waals surface area (Å²) >= 11 is 1.76. The van der Waals surface area contributed by atoms with E-state index >= 15 is 0 Å². The molecule has 0 atom stereocenters. The predicted molar refractivity (Wildman–Crippen MR) is 52.3 cm³/mol. The van der Waals surface area contributed by atoms with Crippen molar-refractivity contribution in [3.63, 3.8) is 0 Å². The number of nitrogens with zero attached hydrogens (tertiary/aromatic N) is 1. The minimum Gasteiger partial charge on any atom is -0.327 e. The van der Waals surface area contributed by atoms with E-state index in [-0.39, 0.29) is 5.91 Å². The molecule has 0 aliphatic carbocycles. The summed E-state index contributed by atoms with van der Waals surface area (Å²) in [6.45, 7) is 1.44. The second-order valence-corrected chi connectivity index (χ2v) is 3.99. The van der Waals surface area contributed by atoms with Gasteiger partial charge in [0.05, 0.1) is 0 Å². The van der Waals surface area contributed by atoms with E-state index in [1.165, 1.54) is 10.4 Å². The number of thiophene rings is 1. The van der Waals surface area contributed by atoms with E-state index in [1.807, 2.05) is 0 Å². The molecule has 2 rings (SSSR count). The van der Waals surface area contributed by atoms with Gasteiger partial charge in [-0.2, -0.15) is 0 Å². The number of carbonyl (C=O) groups is 1. The number of amides is 1. The van der Waals surface area contributed by atoms with Crippen molar-refractivity contribution in [3.05, 3.63) is 21.9 Å². The number of hydrogen-bond acceptors (Lipinski definition) is 2. The quantitative estimate of drug-likeness (QED) is 0.565. The maximum Gasteiger partial charge on any atom is 0.298 e. The zero-order valence-corrected chi connectivity index (χ0v) is 7.93. The normalized spacial score (nSPS) is 14.8. The van der Waals surface area contributed by atoms with Crippen molar-refractivity contribution >= 4 is 17.2 Å². The van der Waals surface area contributed by atoms with Crippen LogP contribution in [0.15, 0.2) is 11.4 Å². The van der Waals surface area contributed by atoms with Crippen LogP contribution in [0.3, 0.4) is 0 Å². The standard InChI is InChI=1S/C10H9NOS/c1-2-10(12)11-5-3-9-8(7-11)4-6-13-9/h1,4,6H,3,5,7H2. The van der Waals surface area contributed by atoms with Gasteiger partial charge in [0.1, 0.15) is 0 Å². The van der Waals surface area contributed by atoms with Crippen LogP contribution >= 0.6 is 11.3 Å². The molecular weight excluding hydrogens is 182 g/mol. The van der Waals surface area contributed by atoms with Gasteiger partial charge in [0.15, 0.2) is 0 Å². The molecule has 1 aliphatic rings. The highest BCUT2D eigenvalue weighted by Gasteiger charge is 2.19. The maximum atomic E-state index is 11.2. The highest BCUT2D eigenvalue weighted by atomic mass is 32.1. The fraction of sp³-hybridized carbons (Fsp3) is 0.300. The molecule has 0 fully saturated rings. The summed E-state index contributed by atoms with van der Waals surface area (Å²) in [7, 11) is 0. The Balaban J connectivity index is 2.18. The summed E-state index contributed by atoms with van der Waals surface area (Å²) in [4.78, 5) is 14.3. The fourth-order valence-corrected chi connectivity index (χ4v) is 2.40. The maximum absolute atomic E-state index is 11.2. The van der Waals surface area contributed by atoms with Gasteiger partial charge in [-0.05, 0) is 29.4 Å². The fourth-order valence-electron chi connectivity index (χ4n) is 1.51. The van der Waals surface area contributed by atoms with E-state index in [2.05, 4.69) is 17.4 Å². The molecular formula is C10H9NOS. The lowest BCUT2D eigenvalue weighted by Crippen LogP contribution is -2.34. The molecule has 0 radical (unpaired) electrons. The number of carbonyl (C=O) groups excluding carboxylic acids is 1.